The minimum atomic E-state index is -0.568. The number of nitrogens with one attached hydrogen (secondary N) is 1. The Hall–Kier alpha value is -3.20. The molecule has 0 saturated heterocycles. The van der Waals surface area contributed by atoms with Gasteiger partial charge in [-0.1, -0.05) is 36.9 Å². The van der Waals surface area contributed by atoms with Gasteiger partial charge in [0, 0.05) is 16.5 Å². The molecule has 1 atom stereocenters. The molecule has 31 heavy (non-hydrogen) atoms. The van der Waals surface area contributed by atoms with Crippen LogP contribution in [0.1, 0.15) is 25.1 Å². The Kier molecular flexibility index (Phi) is 6.03. The lowest BCUT2D eigenvalue weighted by Gasteiger charge is -2.34. The molecule has 0 spiro atoms. The fourth-order valence-electron chi connectivity index (χ4n) is 3.56. The highest BCUT2D eigenvalue weighted by Gasteiger charge is 2.35. The molecule has 0 aliphatic carbocycles. The summed E-state index contributed by atoms with van der Waals surface area (Å²) in [5.41, 5.74) is 1.23. The Morgan fingerprint density at radius 3 is 2.45 bits per heavy atom. The number of fused-ring (bicyclic) bond motifs is 2. The number of amides is 1. The molecule has 2 aliphatic heterocycles. The molecule has 2 aromatic carbocycles. The predicted octanol–water partition coefficient (Wildman–Crippen LogP) is 2.00. The van der Waals surface area contributed by atoms with E-state index >= 15 is 0 Å². The van der Waals surface area contributed by atoms with E-state index < -0.39 is 6.17 Å². The van der Waals surface area contributed by atoms with Gasteiger partial charge in [-0.15, -0.1) is 5.10 Å². The first-order valence-electron chi connectivity index (χ1n) is 9.90. The Bertz CT molecular complexity index is 1140. The summed E-state index contributed by atoms with van der Waals surface area (Å²) < 4.78 is 16.5. The average molecular weight is 441 g/mol. The zero-order valence-electron chi connectivity index (χ0n) is 17.8. The predicted molar refractivity (Wildman–Crippen MR) is 120 cm³/mol. The largest absolute Gasteiger partial charge is 0.493 e. The second kappa shape index (κ2) is 8.89. The molecule has 1 amide bonds. The van der Waals surface area contributed by atoms with Gasteiger partial charge in [-0.2, -0.15) is 0 Å². The number of thioether (sulfide) groups is 1. The number of carbonyl (C=O) groups excluding carboxylic acids is 1. The summed E-state index contributed by atoms with van der Waals surface area (Å²) in [5.74, 6) is 2.17. The molecular weight excluding hydrogens is 416 g/mol. The monoisotopic (exact) mass is 440 g/mol. The van der Waals surface area contributed by atoms with Gasteiger partial charge < -0.3 is 14.2 Å². The zero-order valence-corrected chi connectivity index (χ0v) is 18.7. The molecule has 0 radical (unpaired) electrons. The van der Waals surface area contributed by atoms with Gasteiger partial charge in [0.2, 0.25) is 5.75 Å². The molecule has 0 fully saturated rings. The Morgan fingerprint density at radius 1 is 1.10 bits per heavy atom. The van der Waals surface area contributed by atoms with Gasteiger partial charge in [0.05, 0.1) is 26.7 Å². The lowest BCUT2D eigenvalue weighted by Crippen LogP contribution is -2.50. The van der Waals surface area contributed by atoms with Gasteiger partial charge in [-0.3, -0.25) is 15.1 Å². The molecule has 2 aliphatic rings. The second-order valence-electron chi connectivity index (χ2n) is 6.88. The van der Waals surface area contributed by atoms with Crippen molar-refractivity contribution < 1.29 is 19.0 Å². The number of hydrogen-bond donors (Lipinski definition) is 1. The number of ether oxygens (including phenoxy) is 3. The van der Waals surface area contributed by atoms with E-state index in [0.29, 0.717) is 28.1 Å². The Balaban J connectivity index is 1.92. The summed E-state index contributed by atoms with van der Waals surface area (Å²) in [6.45, 7) is 2.08. The standard InChI is InChI=1S/C22H24N4O4S/c1-5-10-31-22-24-21(27)18-14-8-6-7-9-15(14)23-20(26(18)25-22)13-11-16(28-2)19(30-4)17(12-13)29-3/h6-9,11-12,20H,5,10H2,1-4H3,(H,24,25,27)/t20-/m0/s1. The molecule has 0 bridgehead atoms. The van der Waals surface area contributed by atoms with Crippen LogP contribution in [0.3, 0.4) is 0 Å². The topological polar surface area (TPSA) is 84.8 Å². The minimum absolute atomic E-state index is 0.201. The molecule has 4 rings (SSSR count). The third-order valence-electron chi connectivity index (χ3n) is 4.94. The van der Waals surface area contributed by atoms with E-state index in [0.717, 1.165) is 28.3 Å². The first-order chi connectivity index (χ1) is 15.1. The quantitative estimate of drug-likeness (QED) is 0.740. The van der Waals surface area contributed by atoms with E-state index in [1.807, 2.05) is 36.4 Å². The number of benzene rings is 2. The van der Waals surface area contributed by atoms with Crippen LogP contribution in [0.15, 0.2) is 46.5 Å². The number of hydrazone groups is 1. The number of hydrogen-bond acceptors (Lipinski definition) is 8. The average Bonchev–Trinajstić information content (AvgIpc) is 2.80. The Morgan fingerprint density at radius 2 is 1.81 bits per heavy atom. The maximum absolute atomic E-state index is 13.1. The molecule has 162 valence electrons. The van der Waals surface area contributed by atoms with E-state index in [4.69, 9.17) is 24.3 Å². The van der Waals surface area contributed by atoms with Crippen LogP contribution in [0.2, 0.25) is 0 Å². The van der Waals surface area contributed by atoms with Crippen molar-refractivity contribution in [2.45, 2.75) is 19.5 Å². The van der Waals surface area contributed by atoms with Crippen LogP contribution in [0, 0.1) is 0 Å². The van der Waals surface area contributed by atoms with Gasteiger partial charge in [-0.05, 0) is 24.6 Å². The van der Waals surface area contributed by atoms with Crippen LogP contribution in [-0.2, 0) is 4.79 Å². The van der Waals surface area contributed by atoms with E-state index in [9.17, 15) is 4.79 Å². The summed E-state index contributed by atoms with van der Waals surface area (Å²) in [5, 5.41) is 11.4. The summed E-state index contributed by atoms with van der Waals surface area (Å²) >= 11 is 1.51. The molecule has 2 aromatic rings. The number of nitrogens with zero attached hydrogens (tertiary/aromatic N) is 3. The third-order valence-corrected chi connectivity index (χ3v) is 6.01. The van der Waals surface area contributed by atoms with Gasteiger partial charge in [0.1, 0.15) is 5.70 Å². The minimum Gasteiger partial charge on any atom is -0.493 e. The maximum atomic E-state index is 13.1. The molecule has 2 heterocycles. The van der Waals surface area contributed by atoms with Crippen molar-refractivity contribution >= 4 is 28.5 Å². The fourth-order valence-corrected chi connectivity index (χ4v) is 4.27. The molecule has 1 N–H and O–H groups in total. The fraction of sp³-hybridized carbons (Fsp3) is 0.318. The highest BCUT2D eigenvalue weighted by molar-refractivity contribution is 8.13. The van der Waals surface area contributed by atoms with E-state index in [1.54, 1.807) is 26.3 Å². The highest BCUT2D eigenvalue weighted by Crippen LogP contribution is 2.42. The van der Waals surface area contributed by atoms with Gasteiger partial charge in [0.15, 0.2) is 22.8 Å². The van der Waals surface area contributed by atoms with Crippen LogP contribution in [0.4, 0.5) is 0 Å². The highest BCUT2D eigenvalue weighted by atomic mass is 32.2. The number of carbonyl (C=O) groups is 1. The summed E-state index contributed by atoms with van der Waals surface area (Å²) in [6, 6.07) is 11.2. The van der Waals surface area contributed by atoms with Gasteiger partial charge in [-0.25, -0.2) is 5.01 Å². The van der Waals surface area contributed by atoms with E-state index in [1.165, 1.54) is 11.8 Å². The van der Waals surface area contributed by atoms with Crippen molar-refractivity contribution in [3.05, 3.63) is 52.5 Å². The van der Waals surface area contributed by atoms with Crippen LogP contribution in [0.5, 0.6) is 17.2 Å². The van der Waals surface area contributed by atoms with E-state index in [2.05, 4.69) is 12.2 Å². The Labute approximate surface area is 184 Å². The number of para-hydroxylation sites is 1. The molecular formula is C22H24N4O4S. The zero-order chi connectivity index (χ0) is 22.0. The summed E-state index contributed by atoms with van der Waals surface area (Å²) in [4.78, 5) is 18.0. The molecule has 9 heteroatoms. The van der Waals surface area contributed by atoms with Crippen LogP contribution < -0.4 is 30.1 Å². The molecule has 8 nitrogen and oxygen atoms in total. The summed E-state index contributed by atoms with van der Waals surface area (Å²) in [6.07, 6.45) is 0.404. The molecule has 0 unspecified atom stereocenters. The third kappa shape index (κ3) is 3.81. The van der Waals surface area contributed by atoms with Crippen molar-refractivity contribution in [3.8, 4) is 17.2 Å². The number of methoxy groups -OCH3 is 3. The van der Waals surface area contributed by atoms with Gasteiger partial charge >= 0.3 is 0 Å². The van der Waals surface area contributed by atoms with Gasteiger partial charge in [0.25, 0.3) is 5.91 Å². The second-order valence-corrected chi connectivity index (χ2v) is 7.96. The maximum Gasteiger partial charge on any atom is 0.276 e. The normalized spacial score (nSPS) is 17.1. The van der Waals surface area contributed by atoms with Crippen molar-refractivity contribution in [1.82, 2.24) is 10.3 Å². The molecule has 0 aromatic heterocycles. The smallest absolute Gasteiger partial charge is 0.276 e. The number of amidine groups is 1. The van der Waals surface area contributed by atoms with Crippen LogP contribution in [0.25, 0.3) is 5.70 Å². The van der Waals surface area contributed by atoms with Crippen molar-refractivity contribution in [3.63, 3.8) is 0 Å². The first-order valence-corrected chi connectivity index (χ1v) is 10.9. The van der Waals surface area contributed by atoms with Crippen LogP contribution in [-0.4, -0.2) is 43.2 Å². The van der Waals surface area contributed by atoms with E-state index in [-0.39, 0.29) is 5.91 Å². The molecule has 0 saturated carbocycles. The lowest BCUT2D eigenvalue weighted by atomic mass is 10.1. The van der Waals surface area contributed by atoms with Crippen molar-refractivity contribution in [1.29, 1.82) is 0 Å². The SMILES string of the molecule is CCCSC1=NN2C(=c3ccccc3=N[C@@H]2c2cc(OC)c(OC)c(OC)c2)C(=O)N1. The van der Waals surface area contributed by atoms with Crippen molar-refractivity contribution in [2.24, 2.45) is 10.1 Å². The summed E-state index contributed by atoms with van der Waals surface area (Å²) in [7, 11) is 4.69. The number of rotatable bonds is 6. The van der Waals surface area contributed by atoms with Crippen molar-refractivity contribution in [2.75, 3.05) is 27.1 Å². The van der Waals surface area contributed by atoms with Crippen LogP contribution >= 0.6 is 11.8 Å². The lowest BCUT2D eigenvalue weighted by molar-refractivity contribution is -0.116. The first kappa shape index (κ1) is 21.0.